The van der Waals surface area contributed by atoms with Crippen LogP contribution >= 0.6 is 23.2 Å². The second kappa shape index (κ2) is 6.60. The van der Waals surface area contributed by atoms with E-state index in [4.69, 9.17) is 33.7 Å². The zero-order valence-corrected chi connectivity index (χ0v) is 12.6. The van der Waals surface area contributed by atoms with Gasteiger partial charge in [-0.2, -0.15) is 0 Å². The summed E-state index contributed by atoms with van der Waals surface area (Å²) in [6.07, 6.45) is 0. The smallest absolute Gasteiger partial charge is 0.262 e. The van der Waals surface area contributed by atoms with E-state index in [1.807, 2.05) is 6.92 Å². The van der Waals surface area contributed by atoms with E-state index in [1.54, 1.807) is 18.2 Å². The van der Waals surface area contributed by atoms with E-state index >= 15 is 0 Å². The second-order valence-corrected chi connectivity index (χ2v) is 4.68. The lowest BCUT2D eigenvalue weighted by Gasteiger charge is -2.12. The molecule has 110 valence electrons. The minimum atomic E-state index is -0.470. The molecule has 2 aromatic rings. The van der Waals surface area contributed by atoms with E-state index in [1.165, 1.54) is 6.07 Å². The Balaban J connectivity index is 2.32. The van der Waals surface area contributed by atoms with Crippen LogP contribution in [0.5, 0.6) is 5.75 Å². The standard InChI is InChI=1S/C13H12Cl2N4O2/c1-2-21-8-5-3-4-7(16)11(8)12(20)18-10-6-9(14)17-13(15)19-10/h3-6H,2,16H2,1H3,(H,17,18,19,20). The number of aromatic nitrogens is 2. The molecule has 0 radical (unpaired) electrons. The number of amides is 1. The Labute approximate surface area is 131 Å². The molecule has 8 heteroatoms. The van der Waals surface area contributed by atoms with Gasteiger partial charge < -0.3 is 15.8 Å². The van der Waals surface area contributed by atoms with Crippen LogP contribution in [0.3, 0.4) is 0 Å². The minimum absolute atomic E-state index is 0.0659. The van der Waals surface area contributed by atoms with Crippen LogP contribution in [0.2, 0.25) is 10.4 Å². The van der Waals surface area contributed by atoms with Crippen molar-refractivity contribution in [2.75, 3.05) is 17.7 Å². The van der Waals surface area contributed by atoms with E-state index in [0.717, 1.165) is 0 Å². The van der Waals surface area contributed by atoms with Crippen LogP contribution in [0.15, 0.2) is 24.3 Å². The second-order valence-electron chi connectivity index (χ2n) is 3.95. The molecule has 0 atom stereocenters. The molecule has 6 nitrogen and oxygen atoms in total. The minimum Gasteiger partial charge on any atom is -0.493 e. The van der Waals surface area contributed by atoms with Crippen molar-refractivity contribution in [3.63, 3.8) is 0 Å². The number of carbonyl (C=O) groups excluding carboxylic acids is 1. The summed E-state index contributed by atoms with van der Waals surface area (Å²) in [5.74, 6) is 0.0966. The first kappa shape index (κ1) is 15.3. The number of nitrogens with two attached hydrogens (primary N) is 1. The first-order valence-electron chi connectivity index (χ1n) is 6.04. The fourth-order valence-electron chi connectivity index (χ4n) is 1.70. The van der Waals surface area contributed by atoms with E-state index in [0.29, 0.717) is 18.0 Å². The number of rotatable bonds is 4. The summed E-state index contributed by atoms with van der Waals surface area (Å²) in [6, 6.07) is 6.35. The number of nitrogens with one attached hydrogen (secondary N) is 1. The maximum absolute atomic E-state index is 12.3. The van der Waals surface area contributed by atoms with Gasteiger partial charge in [0.2, 0.25) is 5.28 Å². The van der Waals surface area contributed by atoms with Gasteiger partial charge in [-0.25, -0.2) is 9.97 Å². The quantitative estimate of drug-likeness (QED) is 0.512. The maximum Gasteiger partial charge on any atom is 0.262 e. The van der Waals surface area contributed by atoms with Crippen LogP contribution < -0.4 is 15.8 Å². The van der Waals surface area contributed by atoms with E-state index in [2.05, 4.69) is 15.3 Å². The topological polar surface area (TPSA) is 90.1 Å². The Kier molecular flexibility index (Phi) is 4.82. The fourth-order valence-corrected chi connectivity index (χ4v) is 2.11. The number of carbonyl (C=O) groups is 1. The molecule has 1 amide bonds. The molecule has 0 saturated heterocycles. The normalized spacial score (nSPS) is 10.2. The Morgan fingerprint density at radius 3 is 2.81 bits per heavy atom. The summed E-state index contributed by atoms with van der Waals surface area (Å²) in [5, 5.41) is 2.62. The molecule has 0 saturated carbocycles. The number of anilines is 2. The van der Waals surface area contributed by atoms with Crippen LogP contribution in [-0.4, -0.2) is 22.5 Å². The van der Waals surface area contributed by atoms with Gasteiger partial charge in [-0.3, -0.25) is 4.79 Å². The Bertz CT molecular complexity index is 659. The summed E-state index contributed by atoms with van der Waals surface area (Å²) < 4.78 is 5.40. The molecule has 0 aliphatic rings. The summed E-state index contributed by atoms with van der Waals surface area (Å²) in [4.78, 5) is 19.9. The van der Waals surface area contributed by atoms with Crippen molar-refractivity contribution in [3.05, 3.63) is 40.3 Å². The highest BCUT2D eigenvalue weighted by atomic mass is 35.5. The van der Waals surface area contributed by atoms with Gasteiger partial charge in [0.15, 0.2) is 0 Å². The molecule has 0 unspecified atom stereocenters. The lowest BCUT2D eigenvalue weighted by molar-refractivity contribution is 0.102. The molecule has 0 aliphatic carbocycles. The molecule has 0 spiro atoms. The van der Waals surface area contributed by atoms with Crippen molar-refractivity contribution in [1.82, 2.24) is 9.97 Å². The Morgan fingerprint density at radius 1 is 1.38 bits per heavy atom. The highest BCUT2D eigenvalue weighted by molar-refractivity contribution is 6.32. The number of ether oxygens (including phenoxy) is 1. The van der Waals surface area contributed by atoms with Crippen molar-refractivity contribution in [3.8, 4) is 5.75 Å². The Morgan fingerprint density at radius 2 is 2.14 bits per heavy atom. The number of hydrogen-bond donors (Lipinski definition) is 2. The average molecular weight is 327 g/mol. The van der Waals surface area contributed by atoms with Crippen molar-refractivity contribution in [2.24, 2.45) is 0 Å². The van der Waals surface area contributed by atoms with Crippen LogP contribution in [0.1, 0.15) is 17.3 Å². The average Bonchev–Trinajstić information content (AvgIpc) is 2.37. The molecular weight excluding hydrogens is 315 g/mol. The molecule has 2 rings (SSSR count). The van der Waals surface area contributed by atoms with E-state index < -0.39 is 5.91 Å². The molecule has 1 aromatic carbocycles. The summed E-state index contributed by atoms with van der Waals surface area (Å²) >= 11 is 11.4. The highest BCUT2D eigenvalue weighted by Gasteiger charge is 2.17. The van der Waals surface area contributed by atoms with Gasteiger partial charge in [0.25, 0.3) is 5.91 Å². The molecule has 21 heavy (non-hydrogen) atoms. The van der Waals surface area contributed by atoms with Gasteiger partial charge in [-0.05, 0) is 30.7 Å². The van der Waals surface area contributed by atoms with Gasteiger partial charge in [0.1, 0.15) is 22.3 Å². The van der Waals surface area contributed by atoms with Gasteiger partial charge >= 0.3 is 0 Å². The molecule has 1 aromatic heterocycles. The van der Waals surface area contributed by atoms with Crippen molar-refractivity contribution in [1.29, 1.82) is 0 Å². The van der Waals surface area contributed by atoms with Crippen LogP contribution in [0, 0.1) is 0 Å². The first-order chi connectivity index (χ1) is 10.0. The number of benzene rings is 1. The lowest BCUT2D eigenvalue weighted by Crippen LogP contribution is -2.16. The molecule has 0 bridgehead atoms. The number of hydrogen-bond acceptors (Lipinski definition) is 5. The van der Waals surface area contributed by atoms with Crippen LogP contribution in [0.4, 0.5) is 11.5 Å². The number of halogens is 2. The van der Waals surface area contributed by atoms with E-state index in [9.17, 15) is 4.79 Å². The van der Waals surface area contributed by atoms with Crippen molar-refractivity contribution >= 4 is 40.6 Å². The Hall–Kier alpha value is -2.05. The van der Waals surface area contributed by atoms with Crippen LogP contribution in [0.25, 0.3) is 0 Å². The highest BCUT2D eigenvalue weighted by Crippen LogP contribution is 2.26. The molecule has 3 N–H and O–H groups in total. The molecule has 0 aliphatic heterocycles. The summed E-state index contributed by atoms with van der Waals surface area (Å²) in [6.45, 7) is 2.23. The van der Waals surface area contributed by atoms with E-state index in [-0.39, 0.29) is 21.8 Å². The fraction of sp³-hybridized carbons (Fsp3) is 0.154. The number of nitrogens with zero attached hydrogens (tertiary/aromatic N) is 2. The zero-order chi connectivity index (χ0) is 15.4. The summed E-state index contributed by atoms with van der Waals surface area (Å²) in [5.41, 5.74) is 6.36. The largest absolute Gasteiger partial charge is 0.493 e. The monoisotopic (exact) mass is 326 g/mol. The van der Waals surface area contributed by atoms with Gasteiger partial charge in [-0.15, -0.1) is 0 Å². The van der Waals surface area contributed by atoms with Gasteiger partial charge in [0.05, 0.1) is 6.61 Å². The summed E-state index contributed by atoms with van der Waals surface area (Å²) in [7, 11) is 0. The first-order valence-corrected chi connectivity index (χ1v) is 6.79. The molecular formula is C13H12Cl2N4O2. The third-order valence-electron chi connectivity index (χ3n) is 2.49. The lowest BCUT2D eigenvalue weighted by atomic mass is 10.1. The van der Waals surface area contributed by atoms with Gasteiger partial charge in [-0.1, -0.05) is 17.7 Å². The van der Waals surface area contributed by atoms with Crippen molar-refractivity contribution < 1.29 is 9.53 Å². The van der Waals surface area contributed by atoms with Crippen molar-refractivity contribution in [2.45, 2.75) is 6.92 Å². The predicted octanol–water partition coefficient (Wildman–Crippen LogP) is 3.02. The zero-order valence-electron chi connectivity index (χ0n) is 11.1. The molecule has 0 fully saturated rings. The third-order valence-corrected chi connectivity index (χ3v) is 2.86. The van der Waals surface area contributed by atoms with Crippen LogP contribution in [-0.2, 0) is 0 Å². The maximum atomic E-state index is 12.3. The SMILES string of the molecule is CCOc1cccc(N)c1C(=O)Nc1cc(Cl)nc(Cl)n1. The predicted molar refractivity (Wildman–Crippen MR) is 82.0 cm³/mol. The number of nitrogen functional groups attached to an aromatic ring is 1. The third kappa shape index (κ3) is 3.74. The molecule has 1 heterocycles. The van der Waals surface area contributed by atoms with Gasteiger partial charge in [0, 0.05) is 11.8 Å².